The van der Waals surface area contributed by atoms with Crippen LogP contribution in [0.15, 0.2) is 36.0 Å². The number of para-hydroxylation sites is 1. The van der Waals surface area contributed by atoms with Gasteiger partial charge in [-0.1, -0.05) is 12.1 Å². The molecule has 2 heterocycles. The van der Waals surface area contributed by atoms with Crippen molar-refractivity contribution in [3.05, 3.63) is 41.6 Å². The van der Waals surface area contributed by atoms with E-state index in [2.05, 4.69) is 5.32 Å². The van der Waals surface area contributed by atoms with Crippen molar-refractivity contribution in [3.8, 4) is 0 Å². The highest BCUT2D eigenvalue weighted by atomic mass is 16.5. The predicted octanol–water partition coefficient (Wildman–Crippen LogP) is 0.724. The Morgan fingerprint density at radius 3 is 2.50 bits per heavy atom. The molecule has 1 N–H and O–H groups in total. The van der Waals surface area contributed by atoms with E-state index in [-0.39, 0.29) is 22.9 Å². The maximum absolute atomic E-state index is 13.1. The second-order valence-corrected chi connectivity index (χ2v) is 6.96. The number of nitrogens with one attached hydrogen (secondary N) is 1. The first-order valence-corrected chi connectivity index (χ1v) is 9.32. The maximum atomic E-state index is 13.1. The molecule has 2 aliphatic heterocycles. The Kier molecular flexibility index (Phi) is 6.06. The van der Waals surface area contributed by atoms with Gasteiger partial charge >= 0.3 is 12.0 Å². The number of ether oxygens (including phenoxy) is 2. The van der Waals surface area contributed by atoms with Gasteiger partial charge in [0, 0.05) is 27.7 Å². The van der Waals surface area contributed by atoms with Gasteiger partial charge in [-0.05, 0) is 18.2 Å². The molecule has 1 aromatic rings. The molecule has 1 fully saturated rings. The molecule has 160 valence electrons. The van der Waals surface area contributed by atoms with Gasteiger partial charge in [-0.3, -0.25) is 14.5 Å². The van der Waals surface area contributed by atoms with Gasteiger partial charge in [-0.2, -0.15) is 0 Å². The van der Waals surface area contributed by atoms with Crippen LogP contribution in [0.5, 0.6) is 0 Å². The fraction of sp³-hybridized carbons (Fsp3) is 0.400. The molecule has 10 heteroatoms. The third-order valence-corrected chi connectivity index (χ3v) is 5.24. The number of imide groups is 1. The van der Waals surface area contributed by atoms with Crippen molar-refractivity contribution >= 4 is 29.5 Å². The number of fused-ring (bicyclic) bond motifs is 1. The summed E-state index contributed by atoms with van der Waals surface area (Å²) in [4.78, 5) is 54.4. The van der Waals surface area contributed by atoms with E-state index >= 15 is 0 Å². The number of carbonyl (C=O) groups excluding carboxylic acids is 4. The zero-order valence-corrected chi connectivity index (χ0v) is 17.2. The van der Waals surface area contributed by atoms with Crippen LogP contribution in [0, 0.1) is 5.92 Å². The lowest BCUT2D eigenvalue weighted by atomic mass is 10.0. The molecular formula is C20H24N4O6. The number of hydrogen-bond donors (Lipinski definition) is 1. The van der Waals surface area contributed by atoms with E-state index in [9.17, 15) is 19.2 Å². The van der Waals surface area contributed by atoms with E-state index < -0.39 is 30.0 Å². The van der Waals surface area contributed by atoms with Gasteiger partial charge in [0.25, 0.3) is 5.91 Å². The van der Waals surface area contributed by atoms with Crippen molar-refractivity contribution < 1.29 is 28.7 Å². The van der Waals surface area contributed by atoms with Crippen molar-refractivity contribution in [3.63, 3.8) is 0 Å². The summed E-state index contributed by atoms with van der Waals surface area (Å²) in [6.07, 6.45) is 0.922. The van der Waals surface area contributed by atoms with Crippen LogP contribution in [0.25, 0.3) is 0 Å². The maximum Gasteiger partial charge on any atom is 0.339 e. The number of urea groups is 1. The van der Waals surface area contributed by atoms with E-state index in [0.29, 0.717) is 13.2 Å². The summed E-state index contributed by atoms with van der Waals surface area (Å²) >= 11 is 0. The standard InChI is InChI=1S/C20H24N4O6/c1-22-17-13(18(26)23(2)20(22)28)11-15(24(17)9-10-29-3)16(25)21-14-8-6-5-7-12(14)19(27)30-4/h5-8,11,13,17H,9-10H2,1-4H3,(H,21,25). The van der Waals surface area contributed by atoms with Crippen molar-refractivity contribution in [2.75, 3.05) is 46.8 Å². The molecule has 2 aliphatic rings. The Labute approximate surface area is 174 Å². The van der Waals surface area contributed by atoms with Crippen LogP contribution in [0.3, 0.4) is 0 Å². The molecule has 0 radical (unpaired) electrons. The van der Waals surface area contributed by atoms with Gasteiger partial charge in [0.05, 0.1) is 30.9 Å². The van der Waals surface area contributed by atoms with Crippen molar-refractivity contribution in [2.45, 2.75) is 6.17 Å². The topological polar surface area (TPSA) is 108 Å². The number of esters is 1. The fourth-order valence-electron chi connectivity index (χ4n) is 3.72. The molecule has 30 heavy (non-hydrogen) atoms. The predicted molar refractivity (Wildman–Crippen MR) is 106 cm³/mol. The molecule has 0 aliphatic carbocycles. The normalized spacial score (nSPS) is 20.8. The Morgan fingerprint density at radius 1 is 1.13 bits per heavy atom. The molecule has 3 rings (SSSR count). The summed E-state index contributed by atoms with van der Waals surface area (Å²) in [7, 11) is 5.78. The number of benzene rings is 1. The van der Waals surface area contributed by atoms with E-state index in [1.54, 1.807) is 36.2 Å². The van der Waals surface area contributed by atoms with Gasteiger partial charge in [-0.25, -0.2) is 9.59 Å². The van der Waals surface area contributed by atoms with Crippen molar-refractivity contribution in [1.29, 1.82) is 0 Å². The highest BCUT2D eigenvalue weighted by molar-refractivity contribution is 6.09. The van der Waals surface area contributed by atoms with Gasteiger partial charge in [0.2, 0.25) is 5.91 Å². The van der Waals surface area contributed by atoms with Gasteiger partial charge in [-0.15, -0.1) is 0 Å². The Bertz CT molecular complexity index is 914. The Balaban J connectivity index is 1.93. The molecule has 1 aromatic carbocycles. The first kappa shape index (κ1) is 21.3. The number of nitrogens with zero attached hydrogens (tertiary/aromatic N) is 3. The van der Waals surface area contributed by atoms with Crippen LogP contribution < -0.4 is 5.32 Å². The Hall–Kier alpha value is -3.40. The molecule has 0 spiro atoms. The van der Waals surface area contributed by atoms with Crippen molar-refractivity contribution in [1.82, 2.24) is 14.7 Å². The van der Waals surface area contributed by atoms with E-state index in [4.69, 9.17) is 9.47 Å². The number of carbonyl (C=O) groups is 4. The quantitative estimate of drug-likeness (QED) is 0.681. The van der Waals surface area contributed by atoms with Crippen LogP contribution in [0.1, 0.15) is 10.4 Å². The lowest BCUT2D eigenvalue weighted by Gasteiger charge is -2.43. The number of hydrogen-bond acceptors (Lipinski definition) is 7. The summed E-state index contributed by atoms with van der Waals surface area (Å²) in [5, 5.41) is 2.72. The molecule has 0 bridgehead atoms. The minimum Gasteiger partial charge on any atom is -0.465 e. The average molecular weight is 416 g/mol. The summed E-state index contributed by atoms with van der Waals surface area (Å²) in [5.74, 6) is -2.17. The van der Waals surface area contributed by atoms with Gasteiger partial charge in [0.15, 0.2) is 0 Å². The zero-order chi connectivity index (χ0) is 22.0. The second kappa shape index (κ2) is 8.54. The molecule has 2 unspecified atom stereocenters. The number of amides is 4. The van der Waals surface area contributed by atoms with Gasteiger partial charge < -0.3 is 24.6 Å². The summed E-state index contributed by atoms with van der Waals surface area (Å²) in [6.45, 7) is 0.586. The first-order valence-electron chi connectivity index (χ1n) is 9.32. The van der Waals surface area contributed by atoms with Crippen LogP contribution >= 0.6 is 0 Å². The van der Waals surface area contributed by atoms with Crippen LogP contribution in [-0.4, -0.2) is 86.1 Å². The SMILES string of the molecule is COCCN1C(C(=O)Nc2ccccc2C(=O)OC)=CC2C(=O)N(C)C(=O)N(C)C21. The minimum absolute atomic E-state index is 0.205. The average Bonchev–Trinajstić information content (AvgIpc) is 3.14. The van der Waals surface area contributed by atoms with Crippen LogP contribution in [0.2, 0.25) is 0 Å². The number of methoxy groups -OCH3 is 2. The van der Waals surface area contributed by atoms with E-state index in [1.807, 2.05) is 0 Å². The first-order chi connectivity index (χ1) is 14.3. The largest absolute Gasteiger partial charge is 0.465 e. The molecule has 10 nitrogen and oxygen atoms in total. The van der Waals surface area contributed by atoms with E-state index in [1.165, 1.54) is 32.2 Å². The summed E-state index contributed by atoms with van der Waals surface area (Å²) in [6, 6.07) is 6.01. The molecule has 4 amide bonds. The monoisotopic (exact) mass is 416 g/mol. The molecule has 0 aromatic heterocycles. The van der Waals surface area contributed by atoms with E-state index in [0.717, 1.165) is 4.90 Å². The number of rotatable bonds is 6. The zero-order valence-electron chi connectivity index (χ0n) is 17.2. The molecule has 2 atom stereocenters. The lowest BCUT2D eigenvalue weighted by Crippen LogP contribution is -2.62. The minimum atomic E-state index is -0.689. The number of anilines is 1. The van der Waals surface area contributed by atoms with Gasteiger partial charge in [0.1, 0.15) is 11.9 Å². The fourth-order valence-corrected chi connectivity index (χ4v) is 3.72. The highest BCUT2D eigenvalue weighted by Crippen LogP contribution is 2.34. The van der Waals surface area contributed by atoms with Crippen LogP contribution in [0.4, 0.5) is 10.5 Å². The lowest BCUT2D eigenvalue weighted by molar-refractivity contribution is -0.137. The summed E-state index contributed by atoms with van der Waals surface area (Å²) < 4.78 is 9.91. The molecular weight excluding hydrogens is 392 g/mol. The molecule has 0 saturated carbocycles. The third kappa shape index (κ3) is 3.61. The Morgan fingerprint density at radius 2 is 1.83 bits per heavy atom. The highest BCUT2D eigenvalue weighted by Gasteiger charge is 2.50. The second-order valence-electron chi connectivity index (χ2n) is 6.96. The third-order valence-electron chi connectivity index (χ3n) is 5.24. The molecule has 1 saturated heterocycles. The van der Waals surface area contributed by atoms with Crippen LogP contribution in [-0.2, 0) is 19.1 Å². The summed E-state index contributed by atoms with van der Waals surface area (Å²) in [5.41, 5.74) is 0.714. The smallest absolute Gasteiger partial charge is 0.339 e. The van der Waals surface area contributed by atoms with Crippen molar-refractivity contribution in [2.24, 2.45) is 5.92 Å².